The fourth-order valence-electron chi connectivity index (χ4n) is 1.27. The third-order valence-corrected chi connectivity index (χ3v) is 2.07. The smallest absolute Gasteiger partial charge is 0.0478 e. The summed E-state index contributed by atoms with van der Waals surface area (Å²) in [5.74, 6) is 0. The van der Waals surface area contributed by atoms with Crippen molar-refractivity contribution < 1.29 is 4.74 Å². The number of ether oxygens (including phenoxy) is 1. The van der Waals surface area contributed by atoms with Crippen molar-refractivity contribution in [2.24, 2.45) is 0 Å². The Bertz CT molecular complexity index is 118. The lowest BCUT2D eigenvalue weighted by Crippen LogP contribution is -2.27. The topological polar surface area (TPSA) is 33.3 Å². The van der Waals surface area contributed by atoms with Crippen molar-refractivity contribution in [1.82, 2.24) is 10.6 Å². The van der Waals surface area contributed by atoms with Gasteiger partial charge in [0.05, 0.1) is 0 Å². The van der Waals surface area contributed by atoms with Crippen LogP contribution in [0.1, 0.15) is 40.0 Å². The molecule has 3 heteroatoms. The van der Waals surface area contributed by atoms with Crippen LogP contribution in [0.25, 0.3) is 0 Å². The molecule has 0 aliphatic heterocycles. The maximum absolute atomic E-state index is 5.39. The second kappa shape index (κ2) is 12.0. The highest BCUT2D eigenvalue weighted by atomic mass is 16.5. The first-order chi connectivity index (χ1) is 7.27. The third kappa shape index (κ3) is 13.9. The summed E-state index contributed by atoms with van der Waals surface area (Å²) in [6, 6.07) is 0.604. The van der Waals surface area contributed by atoms with Gasteiger partial charge in [-0.1, -0.05) is 20.8 Å². The van der Waals surface area contributed by atoms with Crippen LogP contribution < -0.4 is 10.6 Å². The van der Waals surface area contributed by atoms with Gasteiger partial charge in [-0.3, -0.25) is 0 Å². The van der Waals surface area contributed by atoms with Gasteiger partial charge in [0, 0.05) is 19.3 Å². The van der Waals surface area contributed by atoms with Crippen LogP contribution in [-0.4, -0.2) is 38.9 Å². The Labute approximate surface area is 95.0 Å². The Hall–Kier alpha value is -0.120. The molecule has 0 aromatic carbocycles. The molecular formula is C12H28N2O. The van der Waals surface area contributed by atoms with Crippen LogP contribution in [0.3, 0.4) is 0 Å². The summed E-state index contributed by atoms with van der Waals surface area (Å²) in [5.41, 5.74) is 0. The van der Waals surface area contributed by atoms with Crippen LogP contribution in [0, 0.1) is 0 Å². The van der Waals surface area contributed by atoms with E-state index in [1.807, 2.05) is 0 Å². The Morgan fingerprint density at radius 3 is 2.40 bits per heavy atom. The number of rotatable bonds is 11. The molecule has 92 valence electrons. The lowest BCUT2D eigenvalue weighted by molar-refractivity contribution is 0.132. The molecule has 0 bridgehead atoms. The lowest BCUT2D eigenvalue weighted by atomic mass is 10.3. The van der Waals surface area contributed by atoms with Gasteiger partial charge in [-0.15, -0.1) is 0 Å². The fraction of sp³-hybridized carbons (Fsp3) is 1.00. The molecule has 0 saturated heterocycles. The molecule has 0 radical (unpaired) electrons. The minimum Gasteiger partial charge on any atom is -0.381 e. The van der Waals surface area contributed by atoms with Gasteiger partial charge in [0.15, 0.2) is 0 Å². The standard InChI is InChI=1S/C12H28N2O/c1-4-10-15-11-6-8-13-7-5-9-14-12(2)3/h12-14H,4-11H2,1-3H3. The molecule has 0 aliphatic rings. The van der Waals surface area contributed by atoms with Crippen molar-refractivity contribution in [2.45, 2.75) is 46.1 Å². The molecule has 2 N–H and O–H groups in total. The zero-order chi connectivity index (χ0) is 11.4. The van der Waals surface area contributed by atoms with Gasteiger partial charge in [0.1, 0.15) is 0 Å². The van der Waals surface area contributed by atoms with E-state index in [1.165, 1.54) is 6.42 Å². The average Bonchev–Trinajstić information content (AvgIpc) is 2.20. The Kier molecular flexibility index (Phi) is 11.9. The minimum absolute atomic E-state index is 0.604. The summed E-state index contributed by atoms with van der Waals surface area (Å²) in [6.07, 6.45) is 3.44. The highest BCUT2D eigenvalue weighted by Crippen LogP contribution is 1.84. The van der Waals surface area contributed by atoms with Crippen molar-refractivity contribution in [3.63, 3.8) is 0 Å². The summed E-state index contributed by atoms with van der Waals surface area (Å²) in [7, 11) is 0. The van der Waals surface area contributed by atoms with Gasteiger partial charge in [-0.2, -0.15) is 0 Å². The van der Waals surface area contributed by atoms with Crippen LogP contribution >= 0.6 is 0 Å². The zero-order valence-electron chi connectivity index (χ0n) is 10.6. The second-order valence-electron chi connectivity index (χ2n) is 4.18. The molecule has 0 aromatic heterocycles. The fourth-order valence-corrected chi connectivity index (χ4v) is 1.27. The van der Waals surface area contributed by atoms with Gasteiger partial charge in [-0.25, -0.2) is 0 Å². The normalized spacial score (nSPS) is 11.2. The Morgan fingerprint density at radius 2 is 1.73 bits per heavy atom. The maximum Gasteiger partial charge on any atom is 0.0478 e. The van der Waals surface area contributed by atoms with Crippen LogP contribution in [-0.2, 0) is 4.74 Å². The summed E-state index contributed by atoms with van der Waals surface area (Å²) in [6.45, 7) is 11.6. The molecular weight excluding hydrogens is 188 g/mol. The quantitative estimate of drug-likeness (QED) is 0.517. The first-order valence-electron chi connectivity index (χ1n) is 6.29. The zero-order valence-corrected chi connectivity index (χ0v) is 10.6. The number of nitrogens with one attached hydrogen (secondary N) is 2. The predicted molar refractivity (Wildman–Crippen MR) is 66.4 cm³/mol. The van der Waals surface area contributed by atoms with Gasteiger partial charge >= 0.3 is 0 Å². The van der Waals surface area contributed by atoms with Gasteiger partial charge < -0.3 is 15.4 Å². The molecule has 0 fully saturated rings. The SMILES string of the molecule is CCCOCCCNCCCNC(C)C. The summed E-state index contributed by atoms with van der Waals surface area (Å²) < 4.78 is 5.39. The van der Waals surface area contributed by atoms with Crippen molar-refractivity contribution in [2.75, 3.05) is 32.8 Å². The second-order valence-corrected chi connectivity index (χ2v) is 4.18. The molecule has 15 heavy (non-hydrogen) atoms. The van der Waals surface area contributed by atoms with Crippen molar-refractivity contribution in [1.29, 1.82) is 0 Å². The lowest BCUT2D eigenvalue weighted by Gasteiger charge is -2.08. The van der Waals surface area contributed by atoms with Gasteiger partial charge in [-0.05, 0) is 38.9 Å². The van der Waals surface area contributed by atoms with E-state index < -0.39 is 0 Å². The predicted octanol–water partition coefficient (Wildman–Crippen LogP) is 1.78. The largest absolute Gasteiger partial charge is 0.381 e. The average molecular weight is 216 g/mol. The number of hydrogen-bond acceptors (Lipinski definition) is 3. The van der Waals surface area contributed by atoms with Gasteiger partial charge in [0.2, 0.25) is 0 Å². The van der Waals surface area contributed by atoms with Crippen molar-refractivity contribution in [3.05, 3.63) is 0 Å². The van der Waals surface area contributed by atoms with Crippen LogP contribution in [0.2, 0.25) is 0 Å². The summed E-state index contributed by atoms with van der Waals surface area (Å²) in [4.78, 5) is 0. The molecule has 0 heterocycles. The van der Waals surface area contributed by atoms with E-state index in [4.69, 9.17) is 4.74 Å². The first kappa shape index (κ1) is 14.9. The molecule has 0 amide bonds. The van der Waals surface area contributed by atoms with Crippen molar-refractivity contribution in [3.8, 4) is 0 Å². The Balaban J connectivity index is 2.87. The van der Waals surface area contributed by atoms with Crippen molar-refractivity contribution >= 4 is 0 Å². The van der Waals surface area contributed by atoms with E-state index in [0.29, 0.717) is 6.04 Å². The highest BCUT2D eigenvalue weighted by Gasteiger charge is 1.92. The highest BCUT2D eigenvalue weighted by molar-refractivity contribution is 4.55. The molecule has 3 nitrogen and oxygen atoms in total. The minimum atomic E-state index is 0.604. The van der Waals surface area contributed by atoms with E-state index in [9.17, 15) is 0 Å². The molecule has 0 unspecified atom stereocenters. The number of hydrogen-bond donors (Lipinski definition) is 2. The molecule has 0 aliphatic carbocycles. The molecule has 0 spiro atoms. The van der Waals surface area contributed by atoms with E-state index in [-0.39, 0.29) is 0 Å². The van der Waals surface area contributed by atoms with E-state index in [1.54, 1.807) is 0 Å². The molecule has 0 rings (SSSR count). The van der Waals surface area contributed by atoms with E-state index >= 15 is 0 Å². The van der Waals surface area contributed by atoms with Gasteiger partial charge in [0.25, 0.3) is 0 Å². The maximum atomic E-state index is 5.39. The third-order valence-electron chi connectivity index (χ3n) is 2.07. The van der Waals surface area contributed by atoms with Crippen LogP contribution in [0.5, 0.6) is 0 Å². The monoisotopic (exact) mass is 216 g/mol. The molecule has 0 saturated carbocycles. The summed E-state index contributed by atoms with van der Waals surface area (Å²) in [5, 5.41) is 6.82. The first-order valence-corrected chi connectivity index (χ1v) is 6.29. The summed E-state index contributed by atoms with van der Waals surface area (Å²) >= 11 is 0. The van der Waals surface area contributed by atoms with E-state index in [2.05, 4.69) is 31.4 Å². The van der Waals surface area contributed by atoms with Crippen LogP contribution in [0.15, 0.2) is 0 Å². The Morgan fingerprint density at radius 1 is 1.00 bits per heavy atom. The van der Waals surface area contributed by atoms with Crippen LogP contribution in [0.4, 0.5) is 0 Å². The molecule has 0 atom stereocenters. The molecule has 0 aromatic rings. The van der Waals surface area contributed by atoms with E-state index in [0.717, 1.165) is 45.7 Å².